The van der Waals surface area contributed by atoms with E-state index in [0.717, 1.165) is 32.4 Å². The normalized spacial score (nSPS) is 25.1. The number of carbonyl (C=O) groups excluding carboxylic acids is 1. The molecule has 1 spiro atoms. The zero-order chi connectivity index (χ0) is 24.0. The fourth-order valence-electron chi connectivity index (χ4n) is 5.45. The van der Waals surface area contributed by atoms with Gasteiger partial charge in [0.1, 0.15) is 5.69 Å². The van der Waals surface area contributed by atoms with E-state index >= 15 is 0 Å². The van der Waals surface area contributed by atoms with Gasteiger partial charge in [0.15, 0.2) is 0 Å². The van der Waals surface area contributed by atoms with E-state index in [2.05, 4.69) is 15.5 Å². The lowest BCUT2D eigenvalue weighted by molar-refractivity contribution is -0.383. The first kappa shape index (κ1) is 23.6. The highest BCUT2D eigenvalue weighted by atomic mass is 19.4. The lowest BCUT2D eigenvalue weighted by Crippen LogP contribution is -2.41. The van der Waals surface area contributed by atoms with E-state index in [1.807, 2.05) is 6.92 Å². The highest BCUT2D eigenvalue weighted by molar-refractivity contribution is 6.02. The fourth-order valence-corrected chi connectivity index (χ4v) is 5.45. The number of halogens is 3. The van der Waals surface area contributed by atoms with E-state index in [1.54, 1.807) is 13.1 Å². The maximum Gasteiger partial charge on any atom is 0.391 e. The Balaban J connectivity index is 1.53. The highest BCUT2D eigenvalue weighted by Gasteiger charge is 2.48. The van der Waals surface area contributed by atoms with Gasteiger partial charge in [0.2, 0.25) is 0 Å². The van der Waals surface area contributed by atoms with E-state index in [-0.39, 0.29) is 36.1 Å². The second-order valence-corrected chi connectivity index (χ2v) is 9.98. The van der Waals surface area contributed by atoms with Crippen molar-refractivity contribution in [2.45, 2.75) is 64.1 Å². The van der Waals surface area contributed by atoms with Gasteiger partial charge in [0.25, 0.3) is 11.6 Å². The van der Waals surface area contributed by atoms with Gasteiger partial charge in [-0.25, -0.2) is 0 Å². The Hall–Kier alpha value is -2.52. The van der Waals surface area contributed by atoms with Gasteiger partial charge in [-0.2, -0.15) is 13.2 Å². The maximum absolute atomic E-state index is 13.3. The van der Waals surface area contributed by atoms with Crippen LogP contribution >= 0.6 is 0 Å². The summed E-state index contributed by atoms with van der Waals surface area (Å²) in [7, 11) is 1.61. The quantitative estimate of drug-likeness (QED) is 0.447. The smallest absolute Gasteiger partial charge is 0.383 e. The molecule has 2 saturated carbocycles. The minimum absolute atomic E-state index is 0.0518. The molecule has 2 N–H and O–H groups in total. The molecule has 1 aliphatic heterocycles. The molecular formula is C23H31F3N4O3. The average Bonchev–Trinajstić information content (AvgIpc) is 3.40. The number of nitrogens with one attached hydrogen (secondary N) is 2. The van der Waals surface area contributed by atoms with Gasteiger partial charge in [0.05, 0.1) is 22.1 Å². The van der Waals surface area contributed by atoms with Crippen molar-refractivity contribution in [3.05, 3.63) is 27.8 Å². The third kappa shape index (κ3) is 4.89. The second-order valence-electron chi connectivity index (χ2n) is 9.98. The predicted molar refractivity (Wildman–Crippen MR) is 120 cm³/mol. The summed E-state index contributed by atoms with van der Waals surface area (Å²) >= 11 is 0. The molecule has 0 unspecified atom stereocenters. The lowest BCUT2D eigenvalue weighted by Gasteiger charge is -2.33. The molecule has 0 bridgehead atoms. The number of benzene rings is 1. The number of hydrogen-bond donors (Lipinski definition) is 2. The molecule has 4 rings (SSSR count). The van der Waals surface area contributed by atoms with Gasteiger partial charge >= 0.3 is 6.18 Å². The number of nitro benzene ring substituents is 1. The van der Waals surface area contributed by atoms with Crippen molar-refractivity contribution in [2.75, 3.05) is 30.4 Å². The average molecular weight is 469 g/mol. The molecular weight excluding hydrogens is 437 g/mol. The lowest BCUT2D eigenvalue weighted by atomic mass is 9.78. The molecule has 1 aromatic rings. The molecule has 10 heteroatoms. The summed E-state index contributed by atoms with van der Waals surface area (Å²) in [5.74, 6) is -1.74. The van der Waals surface area contributed by atoms with Crippen LogP contribution in [0.4, 0.5) is 30.2 Å². The molecule has 3 fully saturated rings. The van der Waals surface area contributed by atoms with Crippen LogP contribution in [0.5, 0.6) is 0 Å². The summed E-state index contributed by atoms with van der Waals surface area (Å²) in [5.41, 5.74) is 1.39. The summed E-state index contributed by atoms with van der Waals surface area (Å²) in [4.78, 5) is 26.5. The van der Waals surface area contributed by atoms with E-state index in [0.29, 0.717) is 29.6 Å². The van der Waals surface area contributed by atoms with Crippen molar-refractivity contribution >= 4 is 23.0 Å². The number of alkyl halides is 3. The predicted octanol–water partition coefficient (Wildman–Crippen LogP) is 5.11. The minimum Gasteiger partial charge on any atom is -0.383 e. The van der Waals surface area contributed by atoms with Crippen molar-refractivity contribution < 1.29 is 22.9 Å². The number of hydrogen-bond acceptors (Lipinski definition) is 5. The maximum atomic E-state index is 13.3. The summed E-state index contributed by atoms with van der Waals surface area (Å²) in [6, 6.07) is 2.67. The fraction of sp³-hybridized carbons (Fsp3) is 0.696. The molecule has 1 saturated heterocycles. The van der Waals surface area contributed by atoms with Gasteiger partial charge in [-0.3, -0.25) is 14.9 Å². The topological polar surface area (TPSA) is 87.5 Å². The Morgan fingerprint density at radius 1 is 1.21 bits per heavy atom. The Morgan fingerprint density at radius 3 is 2.39 bits per heavy atom. The molecule has 0 radical (unpaired) electrons. The van der Waals surface area contributed by atoms with Crippen LogP contribution in [0, 0.1) is 27.4 Å². The monoisotopic (exact) mass is 468 g/mol. The van der Waals surface area contributed by atoms with Crippen molar-refractivity contribution in [3.63, 3.8) is 0 Å². The standard InChI is InChI=1S/C23H31F3N4O3/c1-14(15-3-5-16(6-4-15)23(24,25)26)28-21(31)17-11-20(30(32)33)18(27-2)12-19(17)29-10-9-22(13-29)7-8-22/h11-12,14-16,27H,3-10,13H2,1-2H3,(H,28,31)/t14-,15?,16?/m1/s1. The number of carbonyl (C=O) groups is 1. The molecule has 182 valence electrons. The third-order valence-electron chi connectivity index (χ3n) is 7.86. The molecule has 7 nitrogen and oxygen atoms in total. The molecule has 2 aliphatic carbocycles. The van der Waals surface area contributed by atoms with Crippen molar-refractivity contribution in [1.82, 2.24) is 5.32 Å². The van der Waals surface area contributed by atoms with E-state index in [9.17, 15) is 28.1 Å². The third-order valence-corrected chi connectivity index (χ3v) is 7.86. The van der Waals surface area contributed by atoms with E-state index in [1.165, 1.54) is 6.07 Å². The largest absolute Gasteiger partial charge is 0.391 e. The highest BCUT2D eigenvalue weighted by Crippen LogP contribution is 2.54. The Morgan fingerprint density at radius 2 is 1.88 bits per heavy atom. The number of nitrogens with zero attached hydrogens (tertiary/aromatic N) is 2. The van der Waals surface area contributed by atoms with Crippen molar-refractivity contribution in [2.24, 2.45) is 17.3 Å². The van der Waals surface area contributed by atoms with Crippen LogP contribution < -0.4 is 15.5 Å². The molecule has 1 atom stereocenters. The Labute approximate surface area is 191 Å². The van der Waals surface area contributed by atoms with Crippen LogP contribution in [0.2, 0.25) is 0 Å². The van der Waals surface area contributed by atoms with Gasteiger partial charge in [-0.05, 0) is 69.3 Å². The van der Waals surface area contributed by atoms with E-state index < -0.39 is 22.9 Å². The molecule has 1 amide bonds. The van der Waals surface area contributed by atoms with Crippen LogP contribution in [-0.4, -0.2) is 43.2 Å². The van der Waals surface area contributed by atoms with Gasteiger partial charge in [-0.1, -0.05) is 0 Å². The first-order valence-electron chi connectivity index (χ1n) is 11.7. The number of rotatable bonds is 6. The molecule has 33 heavy (non-hydrogen) atoms. The summed E-state index contributed by atoms with van der Waals surface area (Å²) < 4.78 is 38.9. The van der Waals surface area contributed by atoms with Crippen LogP contribution in [0.3, 0.4) is 0 Å². The van der Waals surface area contributed by atoms with Crippen LogP contribution in [0.25, 0.3) is 0 Å². The van der Waals surface area contributed by atoms with E-state index in [4.69, 9.17) is 0 Å². The van der Waals surface area contributed by atoms with Crippen molar-refractivity contribution in [1.29, 1.82) is 0 Å². The first-order chi connectivity index (χ1) is 15.5. The zero-order valence-electron chi connectivity index (χ0n) is 19.0. The van der Waals surface area contributed by atoms with Gasteiger partial charge in [-0.15, -0.1) is 0 Å². The molecule has 3 aliphatic rings. The summed E-state index contributed by atoms with van der Waals surface area (Å²) in [6.45, 7) is 3.42. The molecule has 1 heterocycles. The van der Waals surface area contributed by atoms with Gasteiger partial charge < -0.3 is 15.5 Å². The zero-order valence-corrected chi connectivity index (χ0v) is 19.0. The number of anilines is 2. The molecule has 1 aromatic carbocycles. The van der Waals surface area contributed by atoms with Crippen LogP contribution in [0.15, 0.2) is 12.1 Å². The Bertz CT molecular complexity index is 924. The van der Waals surface area contributed by atoms with Crippen LogP contribution in [-0.2, 0) is 0 Å². The second kappa shape index (κ2) is 8.68. The SMILES string of the molecule is CNc1cc(N2CCC3(CC3)C2)c(C(=O)N[C@H](C)C2CCC(C(F)(F)F)CC2)cc1[N+](=O)[O-]. The van der Waals surface area contributed by atoms with Gasteiger partial charge in [0, 0.05) is 32.2 Å². The van der Waals surface area contributed by atoms with Crippen molar-refractivity contribution in [3.8, 4) is 0 Å². The summed E-state index contributed by atoms with van der Waals surface area (Å²) in [5, 5.41) is 17.4. The summed E-state index contributed by atoms with van der Waals surface area (Å²) in [6.07, 6.45) is 0.116. The minimum atomic E-state index is -4.17. The first-order valence-corrected chi connectivity index (χ1v) is 11.7. The number of nitro groups is 1. The number of amides is 1. The Kier molecular flexibility index (Phi) is 6.22. The molecule has 0 aromatic heterocycles. The van der Waals surface area contributed by atoms with Crippen LogP contribution in [0.1, 0.15) is 62.2 Å².